The van der Waals surface area contributed by atoms with Gasteiger partial charge < -0.3 is 40.8 Å². The van der Waals surface area contributed by atoms with E-state index in [0.717, 1.165) is 44.7 Å². The summed E-state index contributed by atoms with van der Waals surface area (Å²) in [6.07, 6.45) is 10.8. The van der Waals surface area contributed by atoms with Gasteiger partial charge in [-0.1, -0.05) is 48.5 Å². The summed E-state index contributed by atoms with van der Waals surface area (Å²) in [6.45, 7) is 0. The predicted octanol–water partition coefficient (Wildman–Crippen LogP) is -4.09. The molecule has 1 radical (unpaired) electrons. The third-order valence-corrected chi connectivity index (χ3v) is 7.91. The summed E-state index contributed by atoms with van der Waals surface area (Å²) in [5.74, 6) is 0. The van der Waals surface area contributed by atoms with Gasteiger partial charge in [0.15, 0.2) is 12.3 Å². The second-order valence-electron chi connectivity index (χ2n) is 9.83. The molecule has 0 unspecified atom stereocenters. The van der Waals surface area contributed by atoms with Crippen LogP contribution < -0.4 is 44.7 Å². The van der Waals surface area contributed by atoms with Crippen molar-refractivity contribution in [1.29, 1.82) is 0 Å². The molecule has 0 saturated heterocycles. The number of rotatable bonds is 8. The molecule has 16 nitrogen and oxygen atoms in total. The van der Waals surface area contributed by atoms with Crippen LogP contribution in [-0.2, 0) is 17.1 Å². The molecular formula is C24H24B2CuN16. The molecule has 8 N–H and O–H groups in total. The van der Waals surface area contributed by atoms with E-state index in [1.165, 1.54) is 0 Å². The van der Waals surface area contributed by atoms with Crippen molar-refractivity contribution in [2.24, 2.45) is 0 Å². The Morgan fingerprint density at radius 2 is 0.419 bits per heavy atom. The van der Waals surface area contributed by atoms with Crippen molar-refractivity contribution in [1.82, 2.24) is 81.6 Å². The fourth-order valence-electron chi connectivity index (χ4n) is 6.07. The van der Waals surface area contributed by atoms with Crippen LogP contribution in [0.2, 0.25) is 0 Å². The van der Waals surface area contributed by atoms with E-state index in [-0.39, 0.29) is 17.1 Å². The van der Waals surface area contributed by atoms with Crippen molar-refractivity contribution in [2.45, 2.75) is 0 Å². The zero-order chi connectivity index (χ0) is 28.2. The number of nitrogens with one attached hydrogen (secondary N) is 8. The van der Waals surface area contributed by atoms with Crippen LogP contribution in [0.5, 0.6) is 0 Å². The topological polar surface area (TPSA) is 229 Å². The van der Waals surface area contributed by atoms with Crippen LogP contribution in [-0.4, -0.2) is 93.9 Å². The zero-order valence-corrected chi connectivity index (χ0v) is 23.2. The van der Waals surface area contributed by atoms with E-state index in [1.54, 1.807) is 49.6 Å². The summed E-state index contributed by atoms with van der Waals surface area (Å²) < 4.78 is 0. The summed E-state index contributed by atoms with van der Waals surface area (Å²) in [6, 6.07) is 15.6. The number of H-pyrrole nitrogens is 8. The van der Waals surface area contributed by atoms with Crippen molar-refractivity contribution in [3.63, 3.8) is 0 Å². The summed E-state index contributed by atoms with van der Waals surface area (Å²) in [4.78, 5) is 0. The van der Waals surface area contributed by atoms with Gasteiger partial charge in [-0.25, -0.2) is 0 Å². The van der Waals surface area contributed by atoms with Crippen molar-refractivity contribution in [3.8, 4) is 0 Å². The van der Waals surface area contributed by atoms with Gasteiger partial charge in [0.2, 0.25) is 0 Å². The van der Waals surface area contributed by atoms with Crippen molar-refractivity contribution < 1.29 is 17.1 Å². The molecule has 0 aromatic carbocycles. The second kappa shape index (κ2) is 11.7. The third kappa shape index (κ3) is 4.43. The van der Waals surface area contributed by atoms with Crippen LogP contribution in [0.1, 0.15) is 0 Å². The van der Waals surface area contributed by atoms with Gasteiger partial charge in [-0.05, 0) is 0 Å². The summed E-state index contributed by atoms with van der Waals surface area (Å²) in [7, 11) is 0. The smallest absolute Gasteiger partial charge is 0.320 e. The summed E-state index contributed by atoms with van der Waals surface area (Å²) >= 11 is 0. The van der Waals surface area contributed by atoms with Gasteiger partial charge in [0.25, 0.3) is 0 Å². The van der Waals surface area contributed by atoms with E-state index in [4.69, 9.17) is 0 Å². The van der Waals surface area contributed by atoms with Gasteiger partial charge in [-0.2, -0.15) is 40.8 Å². The Hall–Kier alpha value is -5.67. The van der Waals surface area contributed by atoms with Gasteiger partial charge >= 0.3 is 17.1 Å². The number of aromatic nitrogens is 16. The molecular weight excluding hydrogens is 598 g/mol. The molecule has 217 valence electrons. The molecule has 0 aliphatic carbocycles. The van der Waals surface area contributed by atoms with Gasteiger partial charge in [0, 0.05) is 49.6 Å². The van der Waals surface area contributed by atoms with E-state index in [0.29, 0.717) is 0 Å². The maximum atomic E-state index is 4.11. The van der Waals surface area contributed by atoms with Crippen LogP contribution in [0.15, 0.2) is 98.1 Å². The van der Waals surface area contributed by atoms with Crippen molar-refractivity contribution in [3.05, 3.63) is 98.1 Å². The Labute approximate surface area is 253 Å². The van der Waals surface area contributed by atoms with Crippen molar-refractivity contribution in [2.75, 3.05) is 0 Å². The second-order valence-corrected chi connectivity index (χ2v) is 9.83. The van der Waals surface area contributed by atoms with Crippen LogP contribution >= 0.6 is 0 Å². The average Bonchev–Trinajstić information content (AvgIpc) is 3.91. The Kier molecular flexibility index (Phi) is 7.46. The number of hydrogen-bond acceptors (Lipinski definition) is 8. The van der Waals surface area contributed by atoms with E-state index in [2.05, 4.69) is 81.6 Å². The first-order chi connectivity index (χ1) is 20.8. The average molecular weight is 622 g/mol. The minimum absolute atomic E-state index is 0. The molecule has 8 rings (SSSR count). The fourth-order valence-corrected chi connectivity index (χ4v) is 6.07. The molecule has 0 atom stereocenters. The SMILES string of the molecule is [Cu+2].c1cc([B-](c2ccn[nH]2)(c2ccn[nH]2)c2ccn[nH]2)[nH]n1.c1cc([B-](c2ccn[nH]2)(c2ccn[nH]2)c2ccn[nH]2)[nH]n1. The van der Waals surface area contributed by atoms with E-state index < -0.39 is 12.3 Å². The van der Waals surface area contributed by atoms with Crippen LogP contribution in [0.3, 0.4) is 0 Å². The Morgan fingerprint density at radius 3 is 0.512 bits per heavy atom. The zero-order valence-electron chi connectivity index (χ0n) is 22.3. The Morgan fingerprint density at radius 1 is 0.279 bits per heavy atom. The number of nitrogens with zero attached hydrogens (tertiary/aromatic N) is 8. The quantitative estimate of drug-likeness (QED) is 0.0776. The molecule has 8 aromatic heterocycles. The first-order valence-electron chi connectivity index (χ1n) is 13.1. The van der Waals surface area contributed by atoms with E-state index >= 15 is 0 Å². The third-order valence-electron chi connectivity index (χ3n) is 7.91. The van der Waals surface area contributed by atoms with Gasteiger partial charge in [-0.3, -0.25) is 0 Å². The monoisotopic (exact) mass is 621 g/mol. The maximum absolute atomic E-state index is 4.11. The van der Waals surface area contributed by atoms with Crippen LogP contribution in [0.4, 0.5) is 0 Å². The number of hydrogen-bond donors (Lipinski definition) is 8. The fraction of sp³-hybridized carbons (Fsp3) is 0. The summed E-state index contributed by atoms with van der Waals surface area (Å²) in [5, 5.41) is 57.5. The normalized spacial score (nSPS) is 11.5. The van der Waals surface area contributed by atoms with E-state index in [9.17, 15) is 0 Å². The maximum Gasteiger partial charge on any atom is 2.00 e. The number of aromatic amines is 8. The molecule has 0 aliphatic heterocycles. The molecule has 0 saturated carbocycles. The van der Waals surface area contributed by atoms with Gasteiger partial charge in [0.05, 0.1) is 0 Å². The molecule has 0 aliphatic rings. The molecule has 43 heavy (non-hydrogen) atoms. The molecule has 0 bridgehead atoms. The largest absolute Gasteiger partial charge is 2.00 e. The Balaban J connectivity index is 0.000000150. The first kappa shape index (κ1) is 27.5. The predicted molar refractivity (Wildman–Crippen MR) is 157 cm³/mol. The van der Waals surface area contributed by atoms with E-state index in [1.807, 2.05) is 48.5 Å². The van der Waals surface area contributed by atoms with Crippen LogP contribution in [0.25, 0.3) is 0 Å². The molecule has 0 fully saturated rings. The minimum atomic E-state index is -1.53. The molecule has 0 spiro atoms. The molecule has 8 heterocycles. The molecule has 0 amide bonds. The Bertz CT molecular complexity index is 1430. The van der Waals surface area contributed by atoms with Crippen molar-refractivity contribution >= 4 is 57.0 Å². The standard InChI is InChI=1S/2C12H12BN8.Cu/c2*1-5-14-18-9(1)13(10-2-6-15-19-10,11-3-7-16-20-11)12-4-8-17-21-12;/h2*1-8H,(H,14,18)(H,15,19)(H,16,20)(H,17,21);/q2*-1;+2. The molecule has 8 aromatic rings. The van der Waals surface area contributed by atoms with Gasteiger partial charge in [0.1, 0.15) is 0 Å². The first-order valence-corrected chi connectivity index (χ1v) is 13.1. The summed E-state index contributed by atoms with van der Waals surface area (Å²) in [5.41, 5.74) is 7.50. The van der Waals surface area contributed by atoms with Gasteiger partial charge in [-0.15, -0.1) is 44.7 Å². The molecule has 19 heteroatoms. The minimum Gasteiger partial charge on any atom is -0.320 e. The van der Waals surface area contributed by atoms with Crippen LogP contribution in [0, 0.1) is 0 Å².